The van der Waals surface area contributed by atoms with Crippen LogP contribution in [0.15, 0.2) is 18.6 Å². The first kappa shape index (κ1) is 9.59. The second-order valence-corrected chi connectivity index (χ2v) is 3.91. The van der Waals surface area contributed by atoms with Crippen LogP contribution in [0.25, 0.3) is 0 Å². The minimum absolute atomic E-state index is 0.700. The third-order valence-corrected chi connectivity index (χ3v) is 2.79. The molecule has 14 heavy (non-hydrogen) atoms. The zero-order valence-electron chi connectivity index (χ0n) is 8.45. The summed E-state index contributed by atoms with van der Waals surface area (Å²) in [5.41, 5.74) is 1.04. The average molecular weight is 191 g/mol. The summed E-state index contributed by atoms with van der Waals surface area (Å²) in [5.74, 6) is 0. The molecule has 1 saturated carbocycles. The van der Waals surface area contributed by atoms with Gasteiger partial charge in [-0.15, -0.1) is 0 Å². The predicted octanol–water partition coefficient (Wildman–Crippen LogP) is 1.90. The Kier molecular flexibility index (Phi) is 3.46. The monoisotopic (exact) mass is 191 g/mol. The van der Waals surface area contributed by atoms with E-state index in [2.05, 4.69) is 15.3 Å². The van der Waals surface area contributed by atoms with Gasteiger partial charge in [-0.05, 0) is 12.8 Å². The highest BCUT2D eigenvalue weighted by atomic mass is 14.9. The first-order valence-electron chi connectivity index (χ1n) is 5.43. The Labute approximate surface area is 85.0 Å². The molecule has 3 nitrogen and oxygen atoms in total. The quantitative estimate of drug-likeness (QED) is 0.793. The SMILES string of the molecule is c1cnc(CNC2CCCCC2)cn1. The Morgan fingerprint density at radius 2 is 2.07 bits per heavy atom. The lowest BCUT2D eigenvalue weighted by molar-refractivity contribution is 0.371. The smallest absolute Gasteiger partial charge is 0.0724 e. The lowest BCUT2D eigenvalue weighted by Crippen LogP contribution is -2.30. The highest BCUT2D eigenvalue weighted by Gasteiger charge is 2.12. The van der Waals surface area contributed by atoms with Gasteiger partial charge >= 0.3 is 0 Å². The van der Waals surface area contributed by atoms with Gasteiger partial charge in [0.25, 0.3) is 0 Å². The van der Waals surface area contributed by atoms with Crippen LogP contribution in [-0.4, -0.2) is 16.0 Å². The molecule has 0 atom stereocenters. The highest BCUT2D eigenvalue weighted by molar-refractivity contribution is 4.94. The van der Waals surface area contributed by atoms with Gasteiger partial charge in [0, 0.05) is 31.2 Å². The molecule has 0 radical (unpaired) electrons. The van der Waals surface area contributed by atoms with Gasteiger partial charge in [-0.2, -0.15) is 0 Å². The summed E-state index contributed by atoms with van der Waals surface area (Å²) in [5, 5.41) is 3.54. The van der Waals surface area contributed by atoms with Crippen LogP contribution in [0.4, 0.5) is 0 Å². The van der Waals surface area contributed by atoms with Crippen LogP contribution in [-0.2, 0) is 6.54 Å². The van der Waals surface area contributed by atoms with E-state index in [1.54, 1.807) is 12.4 Å². The Morgan fingerprint density at radius 1 is 1.21 bits per heavy atom. The molecule has 0 bridgehead atoms. The maximum atomic E-state index is 4.24. The molecule has 3 heteroatoms. The van der Waals surface area contributed by atoms with E-state index in [0.29, 0.717) is 6.04 Å². The van der Waals surface area contributed by atoms with Gasteiger partial charge in [-0.1, -0.05) is 19.3 Å². The normalized spacial score (nSPS) is 18.3. The lowest BCUT2D eigenvalue weighted by Gasteiger charge is -2.22. The summed E-state index contributed by atoms with van der Waals surface area (Å²) < 4.78 is 0. The molecule has 0 aliphatic heterocycles. The van der Waals surface area contributed by atoms with Crippen molar-refractivity contribution in [1.29, 1.82) is 0 Å². The van der Waals surface area contributed by atoms with Crippen LogP contribution >= 0.6 is 0 Å². The van der Waals surface area contributed by atoms with Gasteiger partial charge in [0.05, 0.1) is 5.69 Å². The fourth-order valence-electron chi connectivity index (χ4n) is 1.98. The molecule has 1 fully saturated rings. The largest absolute Gasteiger partial charge is 0.308 e. The zero-order chi connectivity index (χ0) is 9.64. The standard InChI is InChI=1S/C11H17N3/c1-2-4-10(5-3-1)14-9-11-8-12-6-7-13-11/h6-8,10,14H,1-5,9H2. The number of rotatable bonds is 3. The summed E-state index contributed by atoms with van der Waals surface area (Å²) >= 11 is 0. The van der Waals surface area contributed by atoms with Crippen molar-refractivity contribution in [2.24, 2.45) is 0 Å². The third-order valence-electron chi connectivity index (χ3n) is 2.79. The van der Waals surface area contributed by atoms with E-state index < -0.39 is 0 Å². The maximum Gasteiger partial charge on any atom is 0.0724 e. The number of hydrogen-bond acceptors (Lipinski definition) is 3. The predicted molar refractivity (Wildman–Crippen MR) is 55.7 cm³/mol. The lowest BCUT2D eigenvalue weighted by atomic mass is 9.95. The van der Waals surface area contributed by atoms with Crippen LogP contribution in [0.5, 0.6) is 0 Å². The van der Waals surface area contributed by atoms with Crippen molar-refractivity contribution in [2.75, 3.05) is 0 Å². The molecule has 0 saturated heterocycles. The van der Waals surface area contributed by atoms with E-state index in [9.17, 15) is 0 Å². The fourth-order valence-corrected chi connectivity index (χ4v) is 1.98. The molecule has 0 unspecified atom stereocenters. The molecular weight excluding hydrogens is 174 g/mol. The van der Waals surface area contributed by atoms with Crippen LogP contribution in [0.3, 0.4) is 0 Å². The molecule has 1 heterocycles. The van der Waals surface area contributed by atoms with Crippen LogP contribution in [0, 0.1) is 0 Å². The first-order valence-corrected chi connectivity index (χ1v) is 5.43. The second kappa shape index (κ2) is 5.05. The maximum absolute atomic E-state index is 4.24. The van der Waals surface area contributed by atoms with Crippen molar-refractivity contribution in [3.05, 3.63) is 24.3 Å². The topological polar surface area (TPSA) is 37.8 Å². The Hall–Kier alpha value is -0.960. The fraction of sp³-hybridized carbons (Fsp3) is 0.636. The number of nitrogens with zero attached hydrogens (tertiary/aromatic N) is 2. The van der Waals surface area contributed by atoms with Gasteiger partial charge in [0.1, 0.15) is 0 Å². The Bertz CT molecular complexity index is 254. The van der Waals surface area contributed by atoms with Crippen molar-refractivity contribution >= 4 is 0 Å². The molecular formula is C11H17N3. The number of aromatic nitrogens is 2. The summed E-state index contributed by atoms with van der Waals surface area (Å²) in [7, 11) is 0. The van der Waals surface area contributed by atoms with E-state index in [-0.39, 0.29) is 0 Å². The number of hydrogen-bond donors (Lipinski definition) is 1. The molecule has 2 rings (SSSR count). The molecule has 1 aromatic rings. The van der Waals surface area contributed by atoms with Crippen molar-refractivity contribution in [3.63, 3.8) is 0 Å². The molecule has 0 aromatic carbocycles. The average Bonchev–Trinajstić information content (AvgIpc) is 2.29. The zero-order valence-corrected chi connectivity index (χ0v) is 8.45. The van der Waals surface area contributed by atoms with E-state index >= 15 is 0 Å². The minimum Gasteiger partial charge on any atom is -0.308 e. The van der Waals surface area contributed by atoms with E-state index in [4.69, 9.17) is 0 Å². The highest BCUT2D eigenvalue weighted by Crippen LogP contribution is 2.17. The Morgan fingerprint density at radius 3 is 2.79 bits per heavy atom. The molecule has 1 aliphatic rings. The van der Waals surface area contributed by atoms with Crippen LogP contribution < -0.4 is 5.32 Å². The van der Waals surface area contributed by atoms with Crippen molar-refractivity contribution in [3.8, 4) is 0 Å². The van der Waals surface area contributed by atoms with Gasteiger partial charge in [0.2, 0.25) is 0 Å². The summed E-state index contributed by atoms with van der Waals surface area (Å²) in [6.07, 6.45) is 12.1. The summed E-state index contributed by atoms with van der Waals surface area (Å²) in [6, 6.07) is 0.700. The molecule has 1 aromatic heterocycles. The van der Waals surface area contributed by atoms with E-state index in [1.165, 1.54) is 32.1 Å². The minimum atomic E-state index is 0.700. The molecule has 0 amide bonds. The van der Waals surface area contributed by atoms with Crippen molar-refractivity contribution < 1.29 is 0 Å². The van der Waals surface area contributed by atoms with Gasteiger partial charge in [-0.3, -0.25) is 9.97 Å². The molecule has 1 aliphatic carbocycles. The van der Waals surface area contributed by atoms with Crippen LogP contribution in [0.2, 0.25) is 0 Å². The van der Waals surface area contributed by atoms with Crippen LogP contribution in [0.1, 0.15) is 37.8 Å². The summed E-state index contributed by atoms with van der Waals surface area (Å²) in [4.78, 5) is 8.28. The second-order valence-electron chi connectivity index (χ2n) is 3.91. The van der Waals surface area contributed by atoms with E-state index in [0.717, 1.165) is 12.2 Å². The molecule has 76 valence electrons. The van der Waals surface area contributed by atoms with Crippen molar-refractivity contribution in [2.45, 2.75) is 44.7 Å². The van der Waals surface area contributed by atoms with Gasteiger partial charge in [0.15, 0.2) is 0 Å². The molecule has 1 N–H and O–H groups in total. The third kappa shape index (κ3) is 2.77. The number of nitrogens with one attached hydrogen (secondary N) is 1. The molecule has 0 spiro atoms. The first-order chi connectivity index (χ1) is 6.95. The summed E-state index contributed by atoms with van der Waals surface area (Å²) in [6.45, 7) is 0.860. The Balaban J connectivity index is 1.76. The van der Waals surface area contributed by atoms with Gasteiger partial charge < -0.3 is 5.32 Å². The van der Waals surface area contributed by atoms with E-state index in [1.807, 2.05) is 6.20 Å². The van der Waals surface area contributed by atoms with Crippen molar-refractivity contribution in [1.82, 2.24) is 15.3 Å². The van der Waals surface area contributed by atoms with Gasteiger partial charge in [-0.25, -0.2) is 0 Å².